The third-order valence-electron chi connectivity index (χ3n) is 4.57. The van der Waals surface area contributed by atoms with Crippen LogP contribution in [0.4, 0.5) is 10.7 Å². The summed E-state index contributed by atoms with van der Waals surface area (Å²) in [5, 5.41) is 14.9. The van der Waals surface area contributed by atoms with Crippen LogP contribution in [-0.4, -0.2) is 51.6 Å². The van der Waals surface area contributed by atoms with Crippen LogP contribution in [0.15, 0.2) is 29.4 Å². The summed E-state index contributed by atoms with van der Waals surface area (Å²) in [4.78, 5) is 26.0. The molecule has 0 unspecified atom stereocenters. The number of anilines is 1. The zero-order valence-corrected chi connectivity index (χ0v) is 16.8. The Hall–Kier alpha value is -2.26. The second-order valence-electron chi connectivity index (χ2n) is 6.88. The second kappa shape index (κ2) is 8.40. The van der Waals surface area contributed by atoms with Crippen molar-refractivity contribution in [1.82, 2.24) is 25.4 Å². The number of nitrogens with zero attached hydrogens (tertiary/aromatic N) is 4. The number of carbonyl (C=O) groups excluding carboxylic acids is 2. The minimum Gasteiger partial charge on any atom is -0.341 e. The van der Waals surface area contributed by atoms with Gasteiger partial charge in [-0.15, -0.1) is 10.2 Å². The number of carbonyl (C=O) groups is 2. The monoisotopic (exact) mass is 420 g/mol. The first-order chi connectivity index (χ1) is 13.6. The zero-order chi connectivity index (χ0) is 19.5. The van der Waals surface area contributed by atoms with E-state index in [0.717, 1.165) is 50.4 Å². The number of hydrogen-bond acceptors (Lipinski definition) is 6. The Morgan fingerprint density at radius 1 is 1.21 bits per heavy atom. The lowest BCUT2D eigenvalue weighted by Gasteiger charge is -2.18. The van der Waals surface area contributed by atoms with Gasteiger partial charge in [-0.05, 0) is 43.9 Å². The van der Waals surface area contributed by atoms with Gasteiger partial charge in [0.05, 0.1) is 11.4 Å². The molecule has 4 rings (SSSR count). The van der Waals surface area contributed by atoms with Gasteiger partial charge < -0.3 is 10.2 Å². The van der Waals surface area contributed by atoms with Crippen LogP contribution in [0.5, 0.6) is 0 Å². The number of imide groups is 1. The van der Waals surface area contributed by atoms with E-state index in [9.17, 15) is 9.59 Å². The number of thioether (sulfide) groups is 1. The molecule has 1 saturated heterocycles. The van der Waals surface area contributed by atoms with Crippen LogP contribution in [0.3, 0.4) is 0 Å². The van der Waals surface area contributed by atoms with Crippen molar-refractivity contribution in [3.63, 3.8) is 0 Å². The molecule has 2 heterocycles. The fraction of sp³-hybridized carbons (Fsp3) is 0.444. The summed E-state index contributed by atoms with van der Waals surface area (Å²) in [6.45, 7) is 1.84. The maximum Gasteiger partial charge on any atom is 0.321 e. The smallest absolute Gasteiger partial charge is 0.321 e. The fourth-order valence-corrected chi connectivity index (χ4v) is 3.99. The van der Waals surface area contributed by atoms with E-state index >= 15 is 0 Å². The molecule has 3 amide bonds. The highest BCUT2D eigenvalue weighted by Crippen LogP contribution is 2.29. The Morgan fingerprint density at radius 3 is 2.71 bits per heavy atom. The van der Waals surface area contributed by atoms with Crippen LogP contribution in [-0.2, 0) is 4.79 Å². The molecule has 0 atom stereocenters. The summed E-state index contributed by atoms with van der Waals surface area (Å²) < 4.78 is 1.92. The molecule has 0 spiro atoms. The van der Waals surface area contributed by atoms with Crippen LogP contribution < -0.4 is 15.5 Å². The predicted octanol–water partition coefficient (Wildman–Crippen LogP) is 2.60. The molecule has 1 aliphatic heterocycles. The van der Waals surface area contributed by atoms with Crippen LogP contribution in [0.2, 0.25) is 5.02 Å². The highest BCUT2D eigenvalue weighted by Gasteiger charge is 2.25. The Balaban J connectivity index is 1.49. The average molecular weight is 421 g/mol. The third kappa shape index (κ3) is 4.59. The van der Waals surface area contributed by atoms with E-state index in [1.165, 1.54) is 11.8 Å². The zero-order valence-electron chi connectivity index (χ0n) is 15.2. The standard InChI is InChI=1S/C18H21ClN6O2S/c19-12-4-3-5-14(10-12)25-17(24-8-1-2-9-24)22-23-18(25)28-11-15(26)21-16(27)20-13-6-7-13/h3-5,10,13H,1-2,6-9,11H2,(H2,20,21,26,27). The lowest BCUT2D eigenvalue weighted by molar-refractivity contribution is -0.117. The first kappa shape index (κ1) is 19.1. The van der Waals surface area contributed by atoms with Crippen molar-refractivity contribution in [3.8, 4) is 5.69 Å². The number of benzene rings is 1. The number of urea groups is 1. The minimum atomic E-state index is -0.442. The Kier molecular flexibility index (Phi) is 5.72. The van der Waals surface area contributed by atoms with Crippen LogP contribution in [0, 0.1) is 0 Å². The third-order valence-corrected chi connectivity index (χ3v) is 5.73. The van der Waals surface area contributed by atoms with Gasteiger partial charge in [-0.3, -0.25) is 14.7 Å². The molecule has 1 saturated carbocycles. The van der Waals surface area contributed by atoms with Crippen molar-refractivity contribution in [3.05, 3.63) is 29.3 Å². The van der Waals surface area contributed by atoms with Crippen molar-refractivity contribution in [2.75, 3.05) is 23.7 Å². The van der Waals surface area contributed by atoms with Gasteiger partial charge in [0.1, 0.15) is 0 Å². The average Bonchev–Trinajstić information content (AvgIpc) is 3.16. The maximum atomic E-state index is 12.1. The Morgan fingerprint density at radius 2 is 2.00 bits per heavy atom. The van der Waals surface area contributed by atoms with Gasteiger partial charge in [0, 0.05) is 24.2 Å². The van der Waals surface area contributed by atoms with Crippen molar-refractivity contribution in [2.45, 2.75) is 36.9 Å². The largest absolute Gasteiger partial charge is 0.341 e. The quantitative estimate of drug-likeness (QED) is 0.698. The fourth-order valence-electron chi connectivity index (χ4n) is 3.06. The molecule has 2 aromatic rings. The molecule has 1 aromatic heterocycles. The molecule has 1 aliphatic carbocycles. The van der Waals surface area contributed by atoms with E-state index in [1.54, 1.807) is 0 Å². The highest BCUT2D eigenvalue weighted by molar-refractivity contribution is 7.99. The summed E-state index contributed by atoms with van der Waals surface area (Å²) in [5.74, 6) is 0.442. The summed E-state index contributed by atoms with van der Waals surface area (Å²) in [6, 6.07) is 7.22. The van der Waals surface area contributed by atoms with Gasteiger partial charge >= 0.3 is 6.03 Å². The van der Waals surface area contributed by atoms with Gasteiger partial charge in [0.2, 0.25) is 11.9 Å². The van der Waals surface area contributed by atoms with Crippen LogP contribution >= 0.6 is 23.4 Å². The SMILES string of the molecule is O=C(CSc1nnc(N2CCCC2)n1-c1cccc(Cl)c1)NC(=O)NC1CC1. The molecular weight excluding hydrogens is 400 g/mol. The maximum absolute atomic E-state index is 12.1. The molecule has 0 radical (unpaired) electrons. The lowest BCUT2D eigenvalue weighted by Crippen LogP contribution is -2.41. The van der Waals surface area contributed by atoms with E-state index in [4.69, 9.17) is 11.6 Å². The number of nitrogens with one attached hydrogen (secondary N) is 2. The van der Waals surface area contributed by atoms with Gasteiger partial charge in [-0.1, -0.05) is 29.4 Å². The number of amides is 3. The molecule has 148 valence electrons. The van der Waals surface area contributed by atoms with E-state index < -0.39 is 6.03 Å². The Bertz CT molecular complexity index is 879. The summed E-state index contributed by atoms with van der Waals surface area (Å²) in [7, 11) is 0. The molecule has 0 bridgehead atoms. The molecule has 1 aromatic carbocycles. The summed E-state index contributed by atoms with van der Waals surface area (Å²) in [5.41, 5.74) is 0.841. The van der Waals surface area contributed by atoms with Crippen molar-refractivity contribution < 1.29 is 9.59 Å². The van der Waals surface area contributed by atoms with Gasteiger partial charge in [0.25, 0.3) is 0 Å². The van der Waals surface area contributed by atoms with Gasteiger partial charge in [0.15, 0.2) is 5.16 Å². The number of hydrogen-bond donors (Lipinski definition) is 2. The van der Waals surface area contributed by atoms with Crippen molar-refractivity contribution in [1.29, 1.82) is 0 Å². The van der Waals surface area contributed by atoms with Gasteiger partial charge in [-0.25, -0.2) is 4.79 Å². The van der Waals surface area contributed by atoms with Crippen LogP contribution in [0.1, 0.15) is 25.7 Å². The normalized spacial score (nSPS) is 16.2. The first-order valence-corrected chi connectivity index (χ1v) is 10.7. The molecule has 8 nitrogen and oxygen atoms in total. The molecule has 10 heteroatoms. The summed E-state index contributed by atoms with van der Waals surface area (Å²) >= 11 is 7.41. The van der Waals surface area contributed by atoms with Crippen molar-refractivity contribution in [2.24, 2.45) is 0 Å². The van der Waals surface area contributed by atoms with E-state index in [1.807, 2.05) is 28.8 Å². The lowest BCUT2D eigenvalue weighted by atomic mass is 10.3. The molecule has 2 fully saturated rings. The summed E-state index contributed by atoms with van der Waals surface area (Å²) in [6.07, 6.45) is 4.17. The first-order valence-electron chi connectivity index (χ1n) is 9.29. The second-order valence-corrected chi connectivity index (χ2v) is 8.26. The van der Waals surface area contributed by atoms with E-state index in [0.29, 0.717) is 10.2 Å². The van der Waals surface area contributed by atoms with Crippen LogP contribution in [0.25, 0.3) is 5.69 Å². The van der Waals surface area contributed by atoms with E-state index in [2.05, 4.69) is 25.7 Å². The minimum absolute atomic E-state index is 0.0663. The van der Waals surface area contributed by atoms with Crippen molar-refractivity contribution >= 4 is 41.2 Å². The highest BCUT2D eigenvalue weighted by atomic mass is 35.5. The predicted molar refractivity (Wildman–Crippen MR) is 108 cm³/mol. The molecule has 2 N–H and O–H groups in total. The van der Waals surface area contributed by atoms with Gasteiger partial charge in [-0.2, -0.15) is 0 Å². The number of halogens is 1. The number of rotatable bonds is 6. The molecule has 2 aliphatic rings. The number of aromatic nitrogens is 3. The van der Waals surface area contributed by atoms with E-state index in [-0.39, 0.29) is 17.7 Å². The Labute approximate surface area is 172 Å². The molecular formula is C18H21ClN6O2S. The molecule has 28 heavy (non-hydrogen) atoms. The topological polar surface area (TPSA) is 92.2 Å².